The summed E-state index contributed by atoms with van der Waals surface area (Å²) in [7, 11) is -3.63. The van der Waals surface area contributed by atoms with E-state index in [4.69, 9.17) is 13.7 Å². The molecule has 0 spiro atoms. The molecule has 0 aromatic rings. The first-order valence-electron chi connectivity index (χ1n) is 9.37. The summed E-state index contributed by atoms with van der Waals surface area (Å²) in [5, 5.41) is -0.629. The third kappa shape index (κ3) is 3.70. The molecule has 1 aliphatic heterocycles. The van der Waals surface area contributed by atoms with Crippen molar-refractivity contribution < 1.29 is 36.5 Å². The van der Waals surface area contributed by atoms with Crippen LogP contribution in [-0.4, -0.2) is 54.8 Å². The predicted octanol–water partition coefficient (Wildman–Crippen LogP) is 1.66. The molecule has 2 aliphatic carbocycles. The van der Waals surface area contributed by atoms with Gasteiger partial charge in [0.05, 0.1) is 11.0 Å². The molecule has 3 aliphatic rings. The van der Waals surface area contributed by atoms with E-state index >= 15 is 0 Å². The SMILES string of the molecule is CCC(C)(C)C(=O)SCC(=O)OCC(=O)OC1C2CC3C(C2)S(=O)(=O)OC31C. The summed E-state index contributed by atoms with van der Waals surface area (Å²) in [6, 6.07) is 0. The van der Waals surface area contributed by atoms with E-state index in [9.17, 15) is 22.8 Å². The van der Waals surface area contributed by atoms with E-state index in [0.717, 1.165) is 11.8 Å². The lowest BCUT2D eigenvalue weighted by molar-refractivity contribution is -0.171. The van der Waals surface area contributed by atoms with Crippen LogP contribution >= 0.6 is 11.8 Å². The maximum atomic E-state index is 12.1. The van der Waals surface area contributed by atoms with Gasteiger partial charge in [-0.2, -0.15) is 8.42 Å². The molecule has 0 amide bonds. The van der Waals surface area contributed by atoms with Crippen LogP contribution < -0.4 is 0 Å². The Morgan fingerprint density at radius 2 is 1.89 bits per heavy atom. The number of carbonyl (C=O) groups is 3. The average molecular weight is 435 g/mol. The molecule has 1 heterocycles. The fraction of sp³-hybridized carbons (Fsp3) is 0.833. The van der Waals surface area contributed by atoms with Gasteiger partial charge in [-0.15, -0.1) is 0 Å². The minimum absolute atomic E-state index is 0.0682. The molecule has 3 rings (SSSR count). The van der Waals surface area contributed by atoms with E-state index < -0.39 is 51.0 Å². The summed E-state index contributed by atoms with van der Waals surface area (Å²) in [4.78, 5) is 35.9. The molecule has 2 bridgehead atoms. The number of thioether (sulfide) groups is 1. The molecule has 8 nitrogen and oxygen atoms in total. The third-order valence-corrected chi connectivity index (χ3v) is 9.35. The van der Waals surface area contributed by atoms with Gasteiger partial charge >= 0.3 is 11.9 Å². The van der Waals surface area contributed by atoms with Crippen molar-refractivity contribution in [3.05, 3.63) is 0 Å². The molecule has 1 saturated heterocycles. The van der Waals surface area contributed by atoms with Crippen LogP contribution in [0.15, 0.2) is 0 Å². The van der Waals surface area contributed by atoms with Gasteiger partial charge in [0.25, 0.3) is 10.1 Å². The van der Waals surface area contributed by atoms with E-state index in [0.29, 0.717) is 19.3 Å². The normalized spacial score (nSPS) is 35.0. The van der Waals surface area contributed by atoms with Crippen LogP contribution in [0, 0.1) is 17.3 Å². The van der Waals surface area contributed by atoms with Gasteiger partial charge in [0, 0.05) is 17.3 Å². The van der Waals surface area contributed by atoms with Crippen molar-refractivity contribution in [2.45, 2.75) is 63.9 Å². The number of carbonyl (C=O) groups excluding carboxylic acids is 3. The highest BCUT2D eigenvalue weighted by atomic mass is 32.2. The van der Waals surface area contributed by atoms with Crippen LogP contribution in [0.4, 0.5) is 0 Å². The third-order valence-electron chi connectivity index (χ3n) is 6.30. The molecule has 28 heavy (non-hydrogen) atoms. The summed E-state index contributed by atoms with van der Waals surface area (Å²) in [6.45, 7) is 6.58. The highest BCUT2D eigenvalue weighted by Gasteiger charge is 2.71. The number of fused-ring (bicyclic) bond motifs is 1. The first-order chi connectivity index (χ1) is 12.9. The number of hydrogen-bond donors (Lipinski definition) is 0. The molecule has 0 aromatic heterocycles. The number of hydrogen-bond acceptors (Lipinski definition) is 9. The lowest BCUT2D eigenvalue weighted by atomic mass is 9.83. The molecule has 0 aromatic carbocycles. The molecule has 158 valence electrons. The minimum atomic E-state index is -3.63. The Morgan fingerprint density at radius 3 is 2.54 bits per heavy atom. The van der Waals surface area contributed by atoms with E-state index in [-0.39, 0.29) is 22.7 Å². The Hall–Kier alpha value is -1.13. The highest BCUT2D eigenvalue weighted by Crippen LogP contribution is 2.61. The fourth-order valence-electron chi connectivity index (χ4n) is 4.34. The van der Waals surface area contributed by atoms with Gasteiger partial charge in [-0.1, -0.05) is 32.5 Å². The smallest absolute Gasteiger partial charge is 0.344 e. The van der Waals surface area contributed by atoms with Crippen LogP contribution in [0.25, 0.3) is 0 Å². The maximum Gasteiger partial charge on any atom is 0.344 e. The quantitative estimate of drug-likeness (QED) is 0.436. The standard InChI is InChI=1S/C18H26O8S2/c1-5-17(2,3)16(21)27-9-14(20)24-8-13(19)25-15-10-6-11-12(7-10)28(22,23)26-18(11,15)4/h10-12,15H,5-9H2,1-4H3. The van der Waals surface area contributed by atoms with E-state index in [2.05, 4.69) is 0 Å². The van der Waals surface area contributed by atoms with Crippen molar-refractivity contribution in [1.82, 2.24) is 0 Å². The second-order valence-electron chi connectivity index (χ2n) is 8.52. The Kier molecular flexibility index (Phi) is 5.61. The van der Waals surface area contributed by atoms with Crippen molar-refractivity contribution in [2.24, 2.45) is 17.3 Å². The predicted molar refractivity (Wildman–Crippen MR) is 101 cm³/mol. The van der Waals surface area contributed by atoms with Crippen LogP contribution in [0.5, 0.6) is 0 Å². The van der Waals surface area contributed by atoms with Gasteiger partial charge in [-0.05, 0) is 26.2 Å². The average Bonchev–Trinajstić information content (AvgIpc) is 3.20. The topological polar surface area (TPSA) is 113 Å². The zero-order chi connectivity index (χ0) is 20.9. The van der Waals surface area contributed by atoms with Gasteiger partial charge in [-0.3, -0.25) is 13.8 Å². The molecule has 0 N–H and O–H groups in total. The van der Waals surface area contributed by atoms with Crippen LogP contribution in [0.2, 0.25) is 0 Å². The van der Waals surface area contributed by atoms with Gasteiger partial charge < -0.3 is 9.47 Å². The Labute approximate surface area is 169 Å². The first-order valence-corrected chi connectivity index (χ1v) is 11.8. The summed E-state index contributed by atoms with van der Waals surface area (Å²) in [5.41, 5.74) is -1.57. The van der Waals surface area contributed by atoms with E-state index in [1.165, 1.54) is 0 Å². The van der Waals surface area contributed by atoms with Gasteiger partial charge in [-0.25, -0.2) is 4.79 Å². The van der Waals surface area contributed by atoms with Crippen molar-refractivity contribution in [2.75, 3.05) is 12.4 Å². The summed E-state index contributed by atoms with van der Waals surface area (Å²) in [5.74, 6) is -1.85. The van der Waals surface area contributed by atoms with Gasteiger partial charge in [0.2, 0.25) is 0 Å². The highest BCUT2D eigenvalue weighted by molar-refractivity contribution is 8.14. The first kappa shape index (κ1) is 21.6. The number of rotatable bonds is 7. The molecule has 5 atom stereocenters. The van der Waals surface area contributed by atoms with Crippen molar-refractivity contribution in [1.29, 1.82) is 0 Å². The van der Waals surface area contributed by atoms with Gasteiger partial charge in [0.1, 0.15) is 11.7 Å². The molecule has 0 radical (unpaired) electrons. The Balaban J connectivity index is 1.47. The molecule has 2 saturated carbocycles. The summed E-state index contributed by atoms with van der Waals surface area (Å²) < 4.78 is 39.8. The molecular weight excluding hydrogens is 408 g/mol. The number of ether oxygens (including phenoxy) is 2. The van der Waals surface area contributed by atoms with Gasteiger partial charge in [0.15, 0.2) is 11.7 Å². The molecule has 10 heteroatoms. The van der Waals surface area contributed by atoms with Crippen molar-refractivity contribution in [3.8, 4) is 0 Å². The lowest BCUT2D eigenvalue weighted by Crippen LogP contribution is -2.47. The van der Waals surface area contributed by atoms with E-state index in [1.54, 1.807) is 20.8 Å². The second-order valence-corrected chi connectivity index (χ2v) is 11.2. The van der Waals surface area contributed by atoms with Crippen molar-refractivity contribution >= 4 is 38.9 Å². The fourth-order valence-corrected chi connectivity index (χ4v) is 7.32. The van der Waals surface area contributed by atoms with E-state index in [1.807, 2.05) is 6.92 Å². The maximum absolute atomic E-state index is 12.1. The molecule has 3 fully saturated rings. The zero-order valence-corrected chi connectivity index (χ0v) is 18.1. The molecular formula is C18H26O8S2. The summed E-state index contributed by atoms with van der Waals surface area (Å²) >= 11 is 0.867. The van der Waals surface area contributed by atoms with Crippen molar-refractivity contribution in [3.63, 3.8) is 0 Å². The molecule has 5 unspecified atom stereocenters. The zero-order valence-electron chi connectivity index (χ0n) is 16.4. The van der Waals surface area contributed by atoms with Crippen LogP contribution in [-0.2, 0) is 38.2 Å². The summed E-state index contributed by atoms with van der Waals surface area (Å²) in [6.07, 6.45) is 1.05. The van der Waals surface area contributed by atoms with Crippen LogP contribution in [0.3, 0.4) is 0 Å². The Bertz CT molecular complexity index is 789. The monoisotopic (exact) mass is 434 g/mol. The minimum Gasteiger partial charge on any atom is -0.456 e. The lowest BCUT2D eigenvalue weighted by Gasteiger charge is -2.33. The number of esters is 2. The second kappa shape index (κ2) is 7.28. The Morgan fingerprint density at radius 1 is 1.21 bits per heavy atom. The largest absolute Gasteiger partial charge is 0.456 e. The van der Waals surface area contributed by atoms with Crippen LogP contribution in [0.1, 0.15) is 47.0 Å².